The summed E-state index contributed by atoms with van der Waals surface area (Å²) in [5.41, 5.74) is 3.79. The first-order chi connectivity index (χ1) is 13.7. The van der Waals surface area contributed by atoms with Gasteiger partial charge in [-0.3, -0.25) is 9.80 Å². The largest absolute Gasteiger partial charge is 0.378 e. The monoisotopic (exact) mass is 379 g/mol. The molecule has 1 aromatic heterocycles. The lowest BCUT2D eigenvalue weighted by atomic mass is 10.1. The van der Waals surface area contributed by atoms with Crippen molar-refractivity contribution in [1.29, 1.82) is 0 Å². The van der Waals surface area contributed by atoms with Crippen molar-refractivity contribution >= 4 is 23.1 Å². The average molecular weight is 379 g/mol. The van der Waals surface area contributed by atoms with Gasteiger partial charge in [0.15, 0.2) is 0 Å². The zero-order chi connectivity index (χ0) is 19.3. The highest BCUT2D eigenvalue weighted by molar-refractivity contribution is 5.94. The van der Waals surface area contributed by atoms with Crippen LogP contribution in [0.15, 0.2) is 47.7 Å². The van der Waals surface area contributed by atoms with Gasteiger partial charge in [-0.25, -0.2) is 4.98 Å². The van der Waals surface area contributed by atoms with Crippen molar-refractivity contribution in [3.8, 4) is 0 Å². The number of amides is 1. The predicted molar refractivity (Wildman–Crippen MR) is 110 cm³/mol. The molecule has 1 N–H and O–H groups in total. The van der Waals surface area contributed by atoms with Gasteiger partial charge in [0.1, 0.15) is 5.82 Å². The fourth-order valence-electron chi connectivity index (χ4n) is 3.45. The van der Waals surface area contributed by atoms with E-state index in [4.69, 9.17) is 4.74 Å². The van der Waals surface area contributed by atoms with E-state index in [0.717, 1.165) is 48.8 Å². The number of benzene rings is 1. The Kier molecular flexibility index (Phi) is 5.53. The maximum atomic E-state index is 12.6. The summed E-state index contributed by atoms with van der Waals surface area (Å²) in [4.78, 5) is 19.3. The van der Waals surface area contributed by atoms with Crippen LogP contribution in [0.4, 0.5) is 11.5 Å². The summed E-state index contributed by atoms with van der Waals surface area (Å²) in [6.07, 6.45) is 2.77. The zero-order valence-corrected chi connectivity index (χ0v) is 16.1. The lowest BCUT2D eigenvalue weighted by Gasteiger charge is -2.29. The van der Waals surface area contributed by atoms with Crippen molar-refractivity contribution in [2.45, 2.75) is 19.9 Å². The summed E-state index contributed by atoms with van der Waals surface area (Å²) >= 11 is 0. The van der Waals surface area contributed by atoms with Gasteiger partial charge in [-0.05, 0) is 37.3 Å². The summed E-state index contributed by atoms with van der Waals surface area (Å²) in [5.74, 6) is 0.827. The van der Waals surface area contributed by atoms with Gasteiger partial charge in [-0.1, -0.05) is 6.07 Å². The molecule has 0 unspecified atom stereocenters. The van der Waals surface area contributed by atoms with E-state index < -0.39 is 0 Å². The molecule has 0 saturated carbocycles. The number of rotatable bonds is 5. The number of morpholine rings is 1. The van der Waals surface area contributed by atoms with Gasteiger partial charge < -0.3 is 15.0 Å². The number of hydrogen-bond donors (Lipinski definition) is 1. The first-order valence-electron chi connectivity index (χ1n) is 9.67. The molecule has 7 heteroatoms. The molecule has 3 heterocycles. The molecule has 146 valence electrons. The highest BCUT2D eigenvalue weighted by Gasteiger charge is 2.17. The number of carbonyl (C=O) groups excluding carboxylic acids is 1. The van der Waals surface area contributed by atoms with Crippen molar-refractivity contribution < 1.29 is 9.53 Å². The summed E-state index contributed by atoms with van der Waals surface area (Å²) in [6.45, 7) is 6.41. The molecule has 0 spiro atoms. The Hall–Kier alpha value is -2.93. The van der Waals surface area contributed by atoms with Gasteiger partial charge in [0.05, 0.1) is 18.9 Å². The average Bonchev–Trinajstić information content (AvgIpc) is 3.19. The third kappa shape index (κ3) is 4.14. The van der Waals surface area contributed by atoms with Crippen LogP contribution in [-0.2, 0) is 11.3 Å². The molecule has 2 aliphatic rings. The van der Waals surface area contributed by atoms with Crippen molar-refractivity contribution in [1.82, 2.24) is 10.3 Å². The smallest absolute Gasteiger partial charge is 0.251 e. The SMILES string of the molecule is CC1=NN(c2ccc(C(=O)NCc3cccnc3N3CCOCC3)cc2)CC1. The minimum absolute atomic E-state index is 0.0931. The van der Waals surface area contributed by atoms with E-state index in [-0.39, 0.29) is 5.91 Å². The Morgan fingerprint density at radius 3 is 2.64 bits per heavy atom. The molecule has 0 radical (unpaired) electrons. The fraction of sp³-hybridized carbons (Fsp3) is 0.381. The molecule has 7 nitrogen and oxygen atoms in total. The second kappa shape index (κ2) is 8.39. The van der Waals surface area contributed by atoms with Crippen LogP contribution in [0.5, 0.6) is 0 Å². The molecule has 28 heavy (non-hydrogen) atoms. The highest BCUT2D eigenvalue weighted by atomic mass is 16.5. The third-order valence-electron chi connectivity index (χ3n) is 5.02. The number of aromatic nitrogens is 1. The first kappa shape index (κ1) is 18.4. The van der Waals surface area contributed by atoms with Crippen molar-refractivity contribution in [3.63, 3.8) is 0 Å². The van der Waals surface area contributed by atoms with Crippen LogP contribution >= 0.6 is 0 Å². The normalized spacial score (nSPS) is 16.8. The minimum atomic E-state index is -0.0931. The Bertz CT molecular complexity index is 859. The second-order valence-electron chi connectivity index (χ2n) is 7.02. The molecular formula is C21H25N5O2. The number of hydrazone groups is 1. The lowest BCUT2D eigenvalue weighted by Crippen LogP contribution is -2.37. The highest BCUT2D eigenvalue weighted by Crippen LogP contribution is 2.21. The van der Waals surface area contributed by atoms with Gasteiger partial charge in [0, 0.05) is 55.6 Å². The standard InChI is InChI=1S/C21H25N5O2/c1-16-8-10-26(24-16)19-6-4-17(5-7-19)21(27)23-15-18-3-2-9-22-20(18)25-11-13-28-14-12-25/h2-7,9H,8,10-15H2,1H3,(H,23,27). The molecule has 0 atom stereocenters. The Balaban J connectivity index is 1.39. The van der Waals surface area contributed by atoms with E-state index in [9.17, 15) is 4.79 Å². The molecular weight excluding hydrogens is 354 g/mol. The van der Waals surface area contributed by atoms with Gasteiger partial charge in [0.25, 0.3) is 5.91 Å². The molecule has 0 bridgehead atoms. The minimum Gasteiger partial charge on any atom is -0.378 e. The number of anilines is 2. The molecule has 1 fully saturated rings. The maximum Gasteiger partial charge on any atom is 0.251 e. The summed E-state index contributed by atoms with van der Waals surface area (Å²) in [7, 11) is 0. The van der Waals surface area contributed by atoms with Crippen LogP contribution in [0, 0.1) is 0 Å². The van der Waals surface area contributed by atoms with E-state index in [1.54, 1.807) is 6.20 Å². The summed E-state index contributed by atoms with van der Waals surface area (Å²) in [6, 6.07) is 11.5. The van der Waals surface area contributed by atoms with Gasteiger partial charge >= 0.3 is 0 Å². The van der Waals surface area contributed by atoms with Crippen LogP contribution in [0.3, 0.4) is 0 Å². The molecule has 2 aromatic rings. The number of nitrogens with one attached hydrogen (secondary N) is 1. The van der Waals surface area contributed by atoms with Gasteiger partial charge in [-0.15, -0.1) is 0 Å². The van der Waals surface area contributed by atoms with E-state index in [2.05, 4.69) is 20.3 Å². The number of carbonyl (C=O) groups is 1. The molecule has 4 rings (SSSR count). The topological polar surface area (TPSA) is 70.1 Å². The van der Waals surface area contributed by atoms with E-state index >= 15 is 0 Å². The molecule has 0 aliphatic carbocycles. The van der Waals surface area contributed by atoms with Crippen LogP contribution < -0.4 is 15.2 Å². The molecule has 2 aliphatic heterocycles. The Morgan fingerprint density at radius 2 is 1.93 bits per heavy atom. The third-order valence-corrected chi connectivity index (χ3v) is 5.02. The lowest BCUT2D eigenvalue weighted by molar-refractivity contribution is 0.0950. The zero-order valence-electron chi connectivity index (χ0n) is 16.1. The number of hydrogen-bond acceptors (Lipinski definition) is 6. The van der Waals surface area contributed by atoms with Crippen LogP contribution in [-0.4, -0.2) is 49.5 Å². The van der Waals surface area contributed by atoms with E-state index in [0.29, 0.717) is 25.3 Å². The number of ether oxygens (including phenoxy) is 1. The summed E-state index contributed by atoms with van der Waals surface area (Å²) in [5, 5.41) is 9.48. The molecule has 1 amide bonds. The van der Waals surface area contributed by atoms with Gasteiger partial charge in [0.2, 0.25) is 0 Å². The molecule has 1 aromatic carbocycles. The fourth-order valence-corrected chi connectivity index (χ4v) is 3.45. The van der Waals surface area contributed by atoms with Gasteiger partial charge in [-0.2, -0.15) is 5.10 Å². The van der Waals surface area contributed by atoms with Crippen molar-refractivity contribution in [2.75, 3.05) is 42.8 Å². The number of pyridine rings is 1. The summed E-state index contributed by atoms with van der Waals surface area (Å²) < 4.78 is 5.42. The Morgan fingerprint density at radius 1 is 1.14 bits per heavy atom. The van der Waals surface area contributed by atoms with Crippen molar-refractivity contribution in [2.24, 2.45) is 5.10 Å². The van der Waals surface area contributed by atoms with E-state index in [1.807, 2.05) is 48.3 Å². The van der Waals surface area contributed by atoms with Crippen LogP contribution in [0.2, 0.25) is 0 Å². The molecule has 1 saturated heterocycles. The maximum absolute atomic E-state index is 12.6. The number of nitrogens with zero attached hydrogens (tertiary/aromatic N) is 4. The predicted octanol–water partition coefficient (Wildman–Crippen LogP) is 2.43. The van der Waals surface area contributed by atoms with Crippen LogP contribution in [0.25, 0.3) is 0 Å². The van der Waals surface area contributed by atoms with Crippen molar-refractivity contribution in [3.05, 3.63) is 53.7 Å². The first-order valence-corrected chi connectivity index (χ1v) is 9.67. The van der Waals surface area contributed by atoms with Crippen LogP contribution in [0.1, 0.15) is 29.3 Å². The second-order valence-corrected chi connectivity index (χ2v) is 7.02. The Labute approximate surface area is 165 Å². The quantitative estimate of drug-likeness (QED) is 0.864. The van der Waals surface area contributed by atoms with E-state index in [1.165, 1.54) is 0 Å².